The van der Waals surface area contributed by atoms with Gasteiger partial charge in [0.2, 0.25) is 0 Å². The second-order valence-corrected chi connectivity index (χ2v) is 6.11. The Labute approximate surface area is 122 Å². The molecule has 4 rings (SSSR count). The van der Waals surface area contributed by atoms with Gasteiger partial charge in [-0.05, 0) is 50.4 Å². The molecule has 1 atom stereocenters. The van der Waals surface area contributed by atoms with Crippen LogP contribution in [0.5, 0.6) is 0 Å². The second kappa shape index (κ2) is 5.58. The van der Waals surface area contributed by atoms with Crippen molar-refractivity contribution >= 4 is 17.5 Å². The third-order valence-corrected chi connectivity index (χ3v) is 4.54. The topological polar surface area (TPSA) is 65.2 Å². The number of carbonyl (C=O) groups is 1. The smallest absolute Gasteiger partial charge is 0.268 e. The summed E-state index contributed by atoms with van der Waals surface area (Å²) in [5.74, 6) is 0.481. The Morgan fingerprint density at radius 2 is 2.10 bits per heavy atom. The standard InChI is InChI=1S/C14H18ClN3O2/c15-11-1-2-12(17-13(11)19)14(20)16-10-7-9-3-5-18(8-10)6-4-9/h1-2,9-10H,3-8H2,(H,16,20)(H,17,19). The molecule has 0 radical (unpaired) electrons. The molecule has 3 aliphatic heterocycles. The van der Waals surface area contributed by atoms with Crippen LogP contribution in [0.15, 0.2) is 16.9 Å². The van der Waals surface area contributed by atoms with Crippen molar-refractivity contribution in [1.82, 2.24) is 15.2 Å². The summed E-state index contributed by atoms with van der Waals surface area (Å²) in [5, 5.41) is 3.13. The molecule has 108 valence electrons. The SMILES string of the molecule is O=C(NC1CC2CCN(CC2)C1)c1ccc(Cl)c(=O)[nH]1. The van der Waals surface area contributed by atoms with E-state index in [1.165, 1.54) is 18.9 Å². The molecule has 1 aromatic rings. The molecule has 1 unspecified atom stereocenters. The number of rotatable bonds is 2. The van der Waals surface area contributed by atoms with Gasteiger partial charge < -0.3 is 15.2 Å². The van der Waals surface area contributed by atoms with E-state index in [9.17, 15) is 9.59 Å². The van der Waals surface area contributed by atoms with Crippen molar-refractivity contribution in [3.8, 4) is 0 Å². The van der Waals surface area contributed by atoms with E-state index in [2.05, 4.69) is 15.2 Å². The number of amides is 1. The van der Waals surface area contributed by atoms with Gasteiger partial charge in [-0.25, -0.2) is 0 Å². The predicted molar refractivity (Wildman–Crippen MR) is 77.1 cm³/mol. The fourth-order valence-corrected chi connectivity index (χ4v) is 3.26. The third kappa shape index (κ3) is 2.88. The lowest BCUT2D eigenvalue weighted by molar-refractivity contribution is 0.0923. The Morgan fingerprint density at radius 1 is 1.35 bits per heavy atom. The van der Waals surface area contributed by atoms with Gasteiger partial charge >= 0.3 is 0 Å². The number of carbonyl (C=O) groups excluding carboxylic acids is 1. The summed E-state index contributed by atoms with van der Waals surface area (Å²) in [4.78, 5) is 28.5. The number of aromatic nitrogens is 1. The van der Waals surface area contributed by atoms with E-state index in [-0.39, 0.29) is 22.7 Å². The minimum atomic E-state index is -0.427. The highest BCUT2D eigenvalue weighted by Crippen LogP contribution is 2.26. The van der Waals surface area contributed by atoms with Gasteiger partial charge in [-0.3, -0.25) is 9.59 Å². The van der Waals surface area contributed by atoms with Crippen molar-refractivity contribution in [1.29, 1.82) is 0 Å². The quantitative estimate of drug-likeness (QED) is 0.863. The highest BCUT2D eigenvalue weighted by Gasteiger charge is 2.30. The van der Waals surface area contributed by atoms with Crippen LogP contribution >= 0.6 is 11.6 Å². The lowest BCUT2D eigenvalue weighted by Crippen LogP contribution is -2.42. The van der Waals surface area contributed by atoms with Crippen LogP contribution in [0.1, 0.15) is 29.8 Å². The van der Waals surface area contributed by atoms with E-state index in [4.69, 9.17) is 11.6 Å². The van der Waals surface area contributed by atoms with Gasteiger partial charge in [0.05, 0.1) is 0 Å². The average molecular weight is 296 g/mol. The Hall–Kier alpha value is -1.33. The number of halogens is 1. The van der Waals surface area contributed by atoms with Crippen molar-refractivity contribution in [3.63, 3.8) is 0 Å². The number of hydrogen-bond donors (Lipinski definition) is 2. The number of nitrogens with zero attached hydrogens (tertiary/aromatic N) is 1. The third-order valence-electron chi connectivity index (χ3n) is 4.24. The summed E-state index contributed by atoms with van der Waals surface area (Å²) in [6, 6.07) is 3.16. The minimum absolute atomic E-state index is 0.0974. The molecule has 4 heterocycles. The van der Waals surface area contributed by atoms with Crippen LogP contribution in [-0.2, 0) is 0 Å². The summed E-state index contributed by atoms with van der Waals surface area (Å²) in [6.45, 7) is 3.17. The number of piperidine rings is 1. The number of H-pyrrole nitrogens is 1. The van der Waals surface area contributed by atoms with Crippen molar-refractivity contribution in [2.75, 3.05) is 19.6 Å². The zero-order valence-corrected chi connectivity index (χ0v) is 11.9. The molecule has 2 bridgehead atoms. The molecule has 0 aliphatic carbocycles. The fourth-order valence-electron chi connectivity index (χ4n) is 3.15. The van der Waals surface area contributed by atoms with Gasteiger partial charge in [0.15, 0.2) is 0 Å². The van der Waals surface area contributed by atoms with Crippen LogP contribution < -0.4 is 10.9 Å². The van der Waals surface area contributed by atoms with Crippen LogP contribution in [0, 0.1) is 5.92 Å². The van der Waals surface area contributed by atoms with Crippen LogP contribution in [-0.4, -0.2) is 41.5 Å². The van der Waals surface area contributed by atoms with Crippen molar-refractivity contribution in [2.45, 2.75) is 25.3 Å². The first-order valence-corrected chi connectivity index (χ1v) is 7.41. The van der Waals surface area contributed by atoms with Gasteiger partial charge in [0.25, 0.3) is 11.5 Å². The van der Waals surface area contributed by atoms with Gasteiger partial charge in [-0.2, -0.15) is 0 Å². The Balaban J connectivity index is 1.69. The molecule has 0 saturated carbocycles. The fraction of sp³-hybridized carbons (Fsp3) is 0.571. The molecule has 2 N–H and O–H groups in total. The Morgan fingerprint density at radius 3 is 2.80 bits per heavy atom. The maximum Gasteiger partial charge on any atom is 0.268 e. The molecule has 3 aliphatic rings. The summed E-state index contributed by atoms with van der Waals surface area (Å²) in [6.07, 6.45) is 3.48. The Kier molecular flexibility index (Phi) is 3.81. The molecule has 0 aromatic carbocycles. The summed E-state index contributed by atoms with van der Waals surface area (Å²) < 4.78 is 0. The van der Waals surface area contributed by atoms with Gasteiger partial charge in [0.1, 0.15) is 10.7 Å². The normalized spacial score (nSPS) is 28.9. The molecule has 3 fully saturated rings. The number of aromatic amines is 1. The van der Waals surface area contributed by atoms with E-state index in [1.807, 2.05) is 0 Å². The number of pyridine rings is 1. The monoisotopic (exact) mass is 295 g/mol. The van der Waals surface area contributed by atoms with E-state index in [0.717, 1.165) is 26.1 Å². The molecule has 20 heavy (non-hydrogen) atoms. The summed E-state index contributed by atoms with van der Waals surface area (Å²) in [7, 11) is 0. The molecular weight excluding hydrogens is 278 g/mol. The van der Waals surface area contributed by atoms with Crippen LogP contribution in [0.25, 0.3) is 0 Å². The van der Waals surface area contributed by atoms with Crippen molar-refractivity contribution < 1.29 is 4.79 Å². The highest BCUT2D eigenvalue weighted by atomic mass is 35.5. The predicted octanol–water partition coefficient (Wildman–Crippen LogP) is 1.24. The molecule has 5 nitrogen and oxygen atoms in total. The first kappa shape index (κ1) is 13.6. The largest absolute Gasteiger partial charge is 0.347 e. The first-order valence-electron chi connectivity index (χ1n) is 7.04. The van der Waals surface area contributed by atoms with E-state index < -0.39 is 5.56 Å². The molecular formula is C14H18ClN3O2. The van der Waals surface area contributed by atoms with E-state index in [1.54, 1.807) is 6.07 Å². The van der Waals surface area contributed by atoms with E-state index >= 15 is 0 Å². The minimum Gasteiger partial charge on any atom is -0.347 e. The first-order chi connectivity index (χ1) is 9.61. The lowest BCUT2D eigenvalue weighted by atomic mass is 9.94. The maximum absolute atomic E-state index is 12.2. The maximum atomic E-state index is 12.2. The second-order valence-electron chi connectivity index (χ2n) is 5.70. The van der Waals surface area contributed by atoms with Crippen LogP contribution in [0.2, 0.25) is 5.02 Å². The molecule has 1 aromatic heterocycles. The molecule has 1 amide bonds. The summed E-state index contributed by atoms with van der Waals surface area (Å²) in [5.41, 5.74) is -0.157. The highest BCUT2D eigenvalue weighted by molar-refractivity contribution is 6.30. The van der Waals surface area contributed by atoms with Crippen molar-refractivity contribution in [3.05, 3.63) is 33.2 Å². The average Bonchev–Trinajstić information content (AvgIpc) is 2.74. The van der Waals surface area contributed by atoms with Gasteiger partial charge in [0, 0.05) is 12.6 Å². The number of nitrogens with one attached hydrogen (secondary N) is 2. The summed E-state index contributed by atoms with van der Waals surface area (Å²) >= 11 is 5.66. The van der Waals surface area contributed by atoms with E-state index in [0.29, 0.717) is 5.92 Å². The van der Waals surface area contributed by atoms with Gasteiger partial charge in [-0.15, -0.1) is 0 Å². The molecule has 3 saturated heterocycles. The lowest BCUT2D eigenvalue weighted by Gasteiger charge is -2.26. The van der Waals surface area contributed by atoms with Crippen LogP contribution in [0.3, 0.4) is 0 Å². The van der Waals surface area contributed by atoms with Crippen LogP contribution in [0.4, 0.5) is 0 Å². The van der Waals surface area contributed by atoms with Gasteiger partial charge in [-0.1, -0.05) is 11.6 Å². The zero-order chi connectivity index (χ0) is 14.1. The molecule has 0 spiro atoms. The number of hydrogen-bond acceptors (Lipinski definition) is 3. The van der Waals surface area contributed by atoms with Crippen molar-refractivity contribution in [2.24, 2.45) is 5.92 Å². The number of fused-ring (bicyclic) bond motifs is 4. The molecule has 6 heteroatoms. The Bertz CT molecular complexity index is 550. The zero-order valence-electron chi connectivity index (χ0n) is 11.2.